The first-order chi connectivity index (χ1) is 17.2. The molecule has 0 saturated heterocycles. The van der Waals surface area contributed by atoms with Crippen LogP contribution in [0, 0.1) is 10.1 Å². The Morgan fingerprint density at radius 1 is 1.00 bits per heavy atom. The maximum atomic E-state index is 12.7. The second-order valence-electron chi connectivity index (χ2n) is 7.17. The number of non-ortho nitro benzene ring substituents is 1. The Labute approximate surface area is 224 Å². The molecule has 0 aliphatic rings. The third-order valence-electron chi connectivity index (χ3n) is 4.62. The SMILES string of the molecule is O=C(Nc1cc(Oc2ccc(Cl)cc2Cl)cc([N+](=O)[O-])c1)c1ccn(COc2cccc(Cl)c2Cl)n1. The monoisotopic (exact) mass is 566 g/mol. The van der Waals surface area contributed by atoms with Gasteiger partial charge in [0, 0.05) is 23.4 Å². The van der Waals surface area contributed by atoms with Crippen LogP contribution in [0.1, 0.15) is 10.5 Å². The van der Waals surface area contributed by atoms with Crippen molar-refractivity contribution in [1.82, 2.24) is 9.78 Å². The van der Waals surface area contributed by atoms with Crippen molar-refractivity contribution >= 4 is 63.7 Å². The molecule has 9 nitrogen and oxygen atoms in total. The van der Waals surface area contributed by atoms with Gasteiger partial charge in [-0.25, -0.2) is 4.68 Å². The molecular formula is C23H14Cl4N4O5. The molecule has 1 amide bonds. The summed E-state index contributed by atoms with van der Waals surface area (Å²) >= 11 is 24.1. The molecule has 0 fully saturated rings. The number of carbonyl (C=O) groups is 1. The van der Waals surface area contributed by atoms with Crippen LogP contribution in [0.4, 0.5) is 11.4 Å². The highest BCUT2D eigenvalue weighted by Crippen LogP contribution is 2.35. The summed E-state index contributed by atoms with van der Waals surface area (Å²) in [5.74, 6) is 0.0690. The van der Waals surface area contributed by atoms with Gasteiger partial charge in [0.25, 0.3) is 11.6 Å². The summed E-state index contributed by atoms with van der Waals surface area (Å²) in [6, 6.07) is 14.8. The Balaban J connectivity index is 1.48. The topological polar surface area (TPSA) is 109 Å². The minimum absolute atomic E-state index is 0.0377. The molecule has 0 saturated carbocycles. The molecule has 1 heterocycles. The van der Waals surface area contributed by atoms with Gasteiger partial charge < -0.3 is 14.8 Å². The lowest BCUT2D eigenvalue weighted by Gasteiger charge is -2.10. The molecule has 1 N–H and O–H groups in total. The fourth-order valence-electron chi connectivity index (χ4n) is 2.99. The molecule has 1 aromatic heterocycles. The number of halogens is 4. The number of carbonyl (C=O) groups excluding carboxylic acids is 1. The molecule has 0 unspecified atom stereocenters. The Hall–Kier alpha value is -3.50. The van der Waals surface area contributed by atoms with Crippen molar-refractivity contribution < 1.29 is 19.2 Å². The molecular weight excluding hydrogens is 554 g/mol. The standard InChI is InChI=1S/C23H14Cl4N4O5/c24-13-4-5-20(18(26)8-13)36-16-10-14(9-15(11-16)31(33)34)28-23(32)19-6-7-30(29-19)12-35-21-3-1-2-17(25)22(21)27/h1-11H,12H2,(H,28,32). The Morgan fingerprint density at radius 3 is 2.56 bits per heavy atom. The predicted molar refractivity (Wildman–Crippen MR) is 137 cm³/mol. The predicted octanol–water partition coefficient (Wildman–Crippen LogP) is 7.49. The summed E-state index contributed by atoms with van der Waals surface area (Å²) in [5.41, 5.74) is -0.137. The number of hydrogen-bond acceptors (Lipinski definition) is 6. The number of hydrogen-bond donors (Lipinski definition) is 1. The van der Waals surface area contributed by atoms with Crippen molar-refractivity contribution in [2.45, 2.75) is 6.73 Å². The fourth-order valence-corrected chi connectivity index (χ4v) is 3.78. The van der Waals surface area contributed by atoms with Gasteiger partial charge in [0.15, 0.2) is 12.4 Å². The minimum atomic E-state index is -0.612. The van der Waals surface area contributed by atoms with E-state index in [0.29, 0.717) is 15.8 Å². The number of ether oxygens (including phenoxy) is 2. The van der Waals surface area contributed by atoms with Gasteiger partial charge >= 0.3 is 0 Å². The highest BCUT2D eigenvalue weighted by molar-refractivity contribution is 6.42. The first-order valence-electron chi connectivity index (χ1n) is 10.0. The molecule has 184 valence electrons. The highest BCUT2D eigenvalue weighted by atomic mass is 35.5. The van der Waals surface area contributed by atoms with Crippen molar-refractivity contribution in [3.8, 4) is 17.2 Å². The summed E-state index contributed by atoms with van der Waals surface area (Å²) in [4.78, 5) is 23.5. The van der Waals surface area contributed by atoms with Crippen LogP contribution < -0.4 is 14.8 Å². The van der Waals surface area contributed by atoms with Crippen LogP contribution in [0.5, 0.6) is 17.2 Å². The molecule has 36 heavy (non-hydrogen) atoms. The quantitative estimate of drug-likeness (QED) is 0.174. The summed E-state index contributed by atoms with van der Waals surface area (Å²) in [7, 11) is 0. The molecule has 0 atom stereocenters. The number of nitro groups is 1. The minimum Gasteiger partial charge on any atom is -0.470 e. The van der Waals surface area contributed by atoms with E-state index in [9.17, 15) is 14.9 Å². The zero-order chi connectivity index (χ0) is 25.8. The molecule has 0 bridgehead atoms. The van der Waals surface area contributed by atoms with Gasteiger partial charge in [-0.2, -0.15) is 5.10 Å². The van der Waals surface area contributed by atoms with Gasteiger partial charge in [0.1, 0.15) is 22.3 Å². The van der Waals surface area contributed by atoms with E-state index in [2.05, 4.69) is 10.4 Å². The van der Waals surface area contributed by atoms with Crippen molar-refractivity contribution in [3.63, 3.8) is 0 Å². The number of anilines is 1. The lowest BCUT2D eigenvalue weighted by molar-refractivity contribution is -0.384. The van der Waals surface area contributed by atoms with Crippen molar-refractivity contribution in [3.05, 3.63) is 103 Å². The van der Waals surface area contributed by atoms with Crippen LogP contribution in [0.15, 0.2) is 66.9 Å². The van der Waals surface area contributed by atoms with Gasteiger partial charge in [-0.3, -0.25) is 14.9 Å². The van der Waals surface area contributed by atoms with Gasteiger partial charge in [-0.15, -0.1) is 0 Å². The lowest BCUT2D eigenvalue weighted by atomic mass is 10.2. The zero-order valence-electron chi connectivity index (χ0n) is 18.0. The normalized spacial score (nSPS) is 10.7. The van der Waals surface area contributed by atoms with Crippen LogP contribution in [-0.4, -0.2) is 20.6 Å². The first-order valence-corrected chi connectivity index (χ1v) is 11.5. The molecule has 0 aliphatic carbocycles. The molecule has 4 rings (SSSR count). The van der Waals surface area contributed by atoms with Crippen LogP contribution in [0.3, 0.4) is 0 Å². The number of benzene rings is 3. The molecule has 0 spiro atoms. The number of amides is 1. The number of nitrogens with zero attached hydrogens (tertiary/aromatic N) is 3. The van der Waals surface area contributed by atoms with E-state index in [-0.39, 0.29) is 45.3 Å². The molecule has 13 heteroatoms. The summed E-state index contributed by atoms with van der Waals surface area (Å²) in [6.07, 6.45) is 1.53. The number of nitro benzene ring substituents is 1. The largest absolute Gasteiger partial charge is 0.470 e. The van der Waals surface area contributed by atoms with Crippen LogP contribution in [0.25, 0.3) is 0 Å². The lowest BCUT2D eigenvalue weighted by Crippen LogP contribution is -2.14. The summed E-state index contributed by atoms with van der Waals surface area (Å²) in [6.45, 7) is -0.0377. The first kappa shape index (κ1) is 25.6. The van der Waals surface area contributed by atoms with E-state index in [1.54, 1.807) is 24.3 Å². The van der Waals surface area contributed by atoms with E-state index >= 15 is 0 Å². The fraction of sp³-hybridized carbons (Fsp3) is 0.0435. The van der Waals surface area contributed by atoms with E-state index in [4.69, 9.17) is 55.9 Å². The second kappa shape index (κ2) is 11.0. The third kappa shape index (κ3) is 6.19. The Bertz CT molecular complexity index is 1460. The maximum Gasteiger partial charge on any atom is 0.276 e. The molecule has 3 aromatic carbocycles. The van der Waals surface area contributed by atoms with Crippen LogP contribution >= 0.6 is 46.4 Å². The molecule has 4 aromatic rings. The molecule has 0 radical (unpaired) electrons. The maximum absolute atomic E-state index is 12.7. The van der Waals surface area contributed by atoms with E-state index in [1.807, 2.05) is 0 Å². The number of aromatic nitrogens is 2. The summed E-state index contributed by atoms with van der Waals surface area (Å²) < 4.78 is 12.6. The average molecular weight is 568 g/mol. The van der Waals surface area contributed by atoms with E-state index in [1.165, 1.54) is 47.3 Å². The zero-order valence-corrected chi connectivity index (χ0v) is 21.0. The smallest absolute Gasteiger partial charge is 0.276 e. The van der Waals surface area contributed by atoms with Gasteiger partial charge in [0.2, 0.25) is 0 Å². The van der Waals surface area contributed by atoms with Gasteiger partial charge in [0.05, 0.1) is 26.7 Å². The highest BCUT2D eigenvalue weighted by Gasteiger charge is 2.16. The molecule has 0 aliphatic heterocycles. The summed E-state index contributed by atoms with van der Waals surface area (Å²) in [5, 5.41) is 19.3. The Morgan fingerprint density at radius 2 is 1.81 bits per heavy atom. The number of nitrogens with one attached hydrogen (secondary N) is 1. The Kier molecular flexibility index (Phi) is 7.85. The van der Waals surface area contributed by atoms with Crippen molar-refractivity contribution in [1.29, 1.82) is 0 Å². The van der Waals surface area contributed by atoms with Crippen molar-refractivity contribution in [2.75, 3.05) is 5.32 Å². The van der Waals surface area contributed by atoms with Gasteiger partial charge in [-0.1, -0.05) is 52.5 Å². The third-order valence-corrected chi connectivity index (χ3v) is 5.96. The second-order valence-corrected chi connectivity index (χ2v) is 8.80. The van der Waals surface area contributed by atoms with Crippen LogP contribution in [-0.2, 0) is 6.73 Å². The van der Waals surface area contributed by atoms with Crippen LogP contribution in [0.2, 0.25) is 20.1 Å². The average Bonchev–Trinajstić information content (AvgIpc) is 3.31. The van der Waals surface area contributed by atoms with Crippen molar-refractivity contribution in [2.24, 2.45) is 0 Å². The number of rotatable bonds is 8. The van der Waals surface area contributed by atoms with Gasteiger partial charge in [-0.05, 0) is 36.4 Å². The van der Waals surface area contributed by atoms with E-state index < -0.39 is 10.8 Å². The van der Waals surface area contributed by atoms with E-state index in [0.717, 1.165) is 0 Å².